The number of nitrogens with zero attached hydrogens (tertiary/aromatic N) is 3. The first kappa shape index (κ1) is 23.1. The summed E-state index contributed by atoms with van der Waals surface area (Å²) in [6, 6.07) is 18.8. The Kier molecular flexibility index (Phi) is 5.82. The van der Waals surface area contributed by atoms with E-state index < -0.39 is 15.6 Å². The minimum atomic E-state index is -3.69. The van der Waals surface area contributed by atoms with Gasteiger partial charge in [0, 0.05) is 31.9 Å². The molecule has 1 aromatic heterocycles. The van der Waals surface area contributed by atoms with Crippen LogP contribution in [0.5, 0.6) is 0 Å². The van der Waals surface area contributed by atoms with Gasteiger partial charge in [0.2, 0.25) is 10.0 Å². The van der Waals surface area contributed by atoms with Crippen molar-refractivity contribution in [3.63, 3.8) is 0 Å². The lowest BCUT2D eigenvalue weighted by Crippen LogP contribution is -2.48. The minimum Gasteiger partial charge on any atom is -0.369 e. The first-order valence-electron chi connectivity index (χ1n) is 11.4. The Morgan fingerprint density at radius 3 is 2.11 bits per heavy atom. The summed E-state index contributed by atoms with van der Waals surface area (Å²) in [5.74, 6) is 0. The molecule has 9 heteroatoms. The third-order valence-corrected chi connectivity index (χ3v) is 8.62. The third-order valence-electron chi connectivity index (χ3n) is 6.71. The molecule has 0 spiro atoms. The molecule has 35 heavy (non-hydrogen) atoms. The van der Waals surface area contributed by atoms with Gasteiger partial charge in [-0.05, 0) is 67.4 Å². The van der Waals surface area contributed by atoms with Crippen LogP contribution in [0.1, 0.15) is 11.1 Å². The highest BCUT2D eigenvalue weighted by Gasteiger charge is 2.29. The van der Waals surface area contributed by atoms with Crippen molar-refractivity contribution < 1.29 is 8.42 Å². The normalized spacial score (nSPS) is 15.0. The average Bonchev–Trinajstić information content (AvgIpc) is 2.88. The Balaban J connectivity index is 1.38. The van der Waals surface area contributed by atoms with E-state index in [0.717, 1.165) is 10.4 Å². The molecule has 4 aromatic rings. The number of hydrogen-bond donors (Lipinski definition) is 1. The topological polar surface area (TPSA) is 95.5 Å². The molecule has 180 valence electrons. The number of H-pyrrole nitrogens is 1. The summed E-state index contributed by atoms with van der Waals surface area (Å²) in [5.41, 5.74) is 3.18. The van der Waals surface area contributed by atoms with E-state index >= 15 is 0 Å². The Labute approximate surface area is 203 Å². The first-order chi connectivity index (χ1) is 16.8. The van der Waals surface area contributed by atoms with Gasteiger partial charge in [-0.25, -0.2) is 13.1 Å². The predicted molar refractivity (Wildman–Crippen MR) is 137 cm³/mol. The zero-order chi connectivity index (χ0) is 24.7. The Morgan fingerprint density at radius 1 is 0.771 bits per heavy atom. The molecule has 5 rings (SSSR count). The van der Waals surface area contributed by atoms with E-state index in [4.69, 9.17) is 0 Å². The highest BCUT2D eigenvalue weighted by molar-refractivity contribution is 7.89. The van der Waals surface area contributed by atoms with Gasteiger partial charge in [0.1, 0.15) is 0 Å². The molecule has 1 aliphatic rings. The number of aryl methyl sites for hydroxylation is 1. The van der Waals surface area contributed by atoms with Crippen LogP contribution in [-0.2, 0) is 10.0 Å². The maximum absolute atomic E-state index is 13.3. The maximum Gasteiger partial charge on any atom is 0.277 e. The molecule has 0 saturated carbocycles. The molecule has 3 aromatic carbocycles. The van der Waals surface area contributed by atoms with Crippen LogP contribution in [-0.4, -0.2) is 48.7 Å². The van der Waals surface area contributed by atoms with Crippen LogP contribution < -0.4 is 16.0 Å². The molecule has 0 unspecified atom stereocenters. The van der Waals surface area contributed by atoms with E-state index in [0.29, 0.717) is 42.6 Å². The second kappa shape index (κ2) is 8.83. The molecule has 8 nitrogen and oxygen atoms in total. The summed E-state index contributed by atoms with van der Waals surface area (Å²) >= 11 is 0. The second-order valence-electron chi connectivity index (χ2n) is 8.73. The number of fused-ring (bicyclic) bond motifs is 1. The number of nitrogens with one attached hydrogen (secondary N) is 1. The Bertz CT molecular complexity index is 1630. The highest BCUT2D eigenvalue weighted by atomic mass is 32.2. The number of benzene rings is 3. The van der Waals surface area contributed by atoms with Crippen molar-refractivity contribution in [2.45, 2.75) is 18.7 Å². The number of aromatic amines is 1. The third kappa shape index (κ3) is 4.06. The zero-order valence-corrected chi connectivity index (χ0v) is 20.4. The van der Waals surface area contributed by atoms with Crippen LogP contribution in [0.3, 0.4) is 0 Å². The van der Waals surface area contributed by atoms with Crippen LogP contribution in [0.15, 0.2) is 81.2 Å². The van der Waals surface area contributed by atoms with Gasteiger partial charge in [-0.15, -0.1) is 0 Å². The van der Waals surface area contributed by atoms with E-state index in [1.807, 2.05) is 6.07 Å². The van der Waals surface area contributed by atoms with E-state index in [1.54, 1.807) is 24.3 Å². The number of sulfonamides is 1. The fraction of sp³-hybridized carbons (Fsp3) is 0.231. The Morgan fingerprint density at radius 2 is 1.43 bits per heavy atom. The van der Waals surface area contributed by atoms with Gasteiger partial charge < -0.3 is 4.90 Å². The maximum atomic E-state index is 13.3. The number of aromatic nitrogens is 2. The molecule has 0 bridgehead atoms. The van der Waals surface area contributed by atoms with Crippen LogP contribution in [0.25, 0.3) is 16.5 Å². The van der Waals surface area contributed by atoms with Gasteiger partial charge in [0.05, 0.1) is 21.4 Å². The van der Waals surface area contributed by atoms with Gasteiger partial charge in [0.15, 0.2) is 0 Å². The van der Waals surface area contributed by atoms with Gasteiger partial charge >= 0.3 is 0 Å². The second-order valence-corrected chi connectivity index (χ2v) is 10.7. The van der Waals surface area contributed by atoms with Gasteiger partial charge in [-0.1, -0.05) is 24.3 Å². The van der Waals surface area contributed by atoms with Crippen molar-refractivity contribution in [1.29, 1.82) is 0 Å². The van der Waals surface area contributed by atoms with Crippen molar-refractivity contribution in [2.24, 2.45) is 0 Å². The largest absolute Gasteiger partial charge is 0.369 e. The monoisotopic (exact) mass is 490 g/mol. The van der Waals surface area contributed by atoms with Crippen molar-refractivity contribution >= 4 is 26.5 Å². The summed E-state index contributed by atoms with van der Waals surface area (Å²) in [6.45, 7) is 6.14. The standard InChI is InChI=1S/C26H26N4O4S/c1-18-6-5-9-24(19(18)2)28-14-16-29(17-15-28)35(33,34)21-12-10-20(11-13-21)30-26(32)23-8-4-3-7-22(23)25(31)27-30/h3-13H,14-17H2,1-2H3,(H,27,31). The molecule has 0 atom stereocenters. The van der Waals surface area contributed by atoms with Gasteiger partial charge in [0.25, 0.3) is 11.1 Å². The molecular weight excluding hydrogens is 464 g/mol. The summed E-state index contributed by atoms with van der Waals surface area (Å²) in [5, 5.41) is 3.18. The molecule has 0 amide bonds. The number of hydrogen-bond acceptors (Lipinski definition) is 5. The van der Waals surface area contributed by atoms with Crippen molar-refractivity contribution in [3.8, 4) is 5.69 Å². The van der Waals surface area contributed by atoms with E-state index in [9.17, 15) is 18.0 Å². The zero-order valence-electron chi connectivity index (χ0n) is 19.6. The smallest absolute Gasteiger partial charge is 0.277 e. The molecular formula is C26H26N4O4S. The molecule has 1 saturated heterocycles. The van der Waals surface area contributed by atoms with E-state index in [2.05, 4.69) is 36.0 Å². The first-order valence-corrected chi connectivity index (χ1v) is 12.9. The summed E-state index contributed by atoms with van der Waals surface area (Å²) < 4.78 is 29.2. The lowest BCUT2D eigenvalue weighted by atomic mass is 10.1. The van der Waals surface area contributed by atoms with Crippen LogP contribution >= 0.6 is 0 Å². The predicted octanol–water partition coefficient (Wildman–Crippen LogP) is 2.81. The molecule has 0 aliphatic carbocycles. The average molecular weight is 491 g/mol. The molecule has 2 heterocycles. The lowest BCUT2D eigenvalue weighted by molar-refractivity contribution is 0.384. The Hall–Kier alpha value is -3.69. The summed E-state index contributed by atoms with van der Waals surface area (Å²) in [7, 11) is -3.69. The van der Waals surface area contributed by atoms with E-state index in [-0.39, 0.29) is 10.5 Å². The SMILES string of the molecule is Cc1cccc(N2CCN(S(=O)(=O)c3ccc(-n4[nH]c(=O)c5ccccc5c4=O)cc3)CC2)c1C. The fourth-order valence-electron chi connectivity index (χ4n) is 4.55. The molecule has 1 fully saturated rings. The summed E-state index contributed by atoms with van der Waals surface area (Å²) in [4.78, 5) is 27.6. The number of rotatable bonds is 4. The van der Waals surface area contributed by atoms with Crippen molar-refractivity contribution in [2.75, 3.05) is 31.1 Å². The number of piperazine rings is 1. The minimum absolute atomic E-state index is 0.151. The molecule has 1 aliphatic heterocycles. The van der Waals surface area contributed by atoms with Crippen LogP contribution in [0, 0.1) is 13.8 Å². The van der Waals surface area contributed by atoms with Crippen LogP contribution in [0.2, 0.25) is 0 Å². The van der Waals surface area contributed by atoms with Crippen molar-refractivity contribution in [1.82, 2.24) is 14.1 Å². The fourth-order valence-corrected chi connectivity index (χ4v) is 5.97. The lowest BCUT2D eigenvalue weighted by Gasteiger charge is -2.36. The quantitative estimate of drug-likeness (QED) is 0.475. The highest BCUT2D eigenvalue weighted by Crippen LogP contribution is 2.26. The van der Waals surface area contributed by atoms with E-state index in [1.165, 1.54) is 39.7 Å². The molecule has 0 radical (unpaired) electrons. The summed E-state index contributed by atoms with van der Waals surface area (Å²) in [6.07, 6.45) is 0. The van der Waals surface area contributed by atoms with Crippen molar-refractivity contribution in [3.05, 3.63) is 98.6 Å². The van der Waals surface area contributed by atoms with Gasteiger partial charge in [-0.2, -0.15) is 4.31 Å². The number of anilines is 1. The molecule has 1 N–H and O–H groups in total. The van der Waals surface area contributed by atoms with Gasteiger partial charge in [-0.3, -0.25) is 14.7 Å². The van der Waals surface area contributed by atoms with Crippen LogP contribution in [0.4, 0.5) is 5.69 Å².